The van der Waals surface area contributed by atoms with E-state index in [9.17, 15) is 4.79 Å². The predicted molar refractivity (Wildman–Crippen MR) is 103 cm³/mol. The lowest BCUT2D eigenvalue weighted by Crippen LogP contribution is -2.43. The average Bonchev–Trinajstić information content (AvgIpc) is 2.88. The highest BCUT2D eigenvalue weighted by Gasteiger charge is 2.45. The fourth-order valence-corrected chi connectivity index (χ4v) is 4.42. The molecule has 1 N–H and O–H groups in total. The third-order valence-corrected chi connectivity index (χ3v) is 6.04. The SMILES string of the molecule is CC(C)CCN1CCC2(CC1)C[C@H](NC(=O)N(C)C)c1ccccc12. The molecule has 0 radical (unpaired) electrons. The van der Waals surface area contributed by atoms with E-state index in [0.717, 1.165) is 12.3 Å². The van der Waals surface area contributed by atoms with E-state index in [1.807, 2.05) is 0 Å². The molecule has 3 rings (SSSR count). The van der Waals surface area contributed by atoms with Gasteiger partial charge in [0.25, 0.3) is 0 Å². The summed E-state index contributed by atoms with van der Waals surface area (Å²) in [5, 5.41) is 3.23. The van der Waals surface area contributed by atoms with Gasteiger partial charge in [-0.2, -0.15) is 0 Å². The maximum atomic E-state index is 12.2. The van der Waals surface area contributed by atoms with Gasteiger partial charge in [-0.15, -0.1) is 0 Å². The molecule has 1 aliphatic carbocycles. The molecule has 2 aliphatic rings. The zero-order valence-electron chi connectivity index (χ0n) is 16.2. The number of carbonyl (C=O) groups excluding carboxylic acids is 1. The molecule has 0 unspecified atom stereocenters. The molecule has 138 valence electrons. The number of hydrogen-bond donors (Lipinski definition) is 1. The Hall–Kier alpha value is -1.55. The molecule has 1 aromatic carbocycles. The van der Waals surface area contributed by atoms with Gasteiger partial charge in [0.05, 0.1) is 6.04 Å². The van der Waals surface area contributed by atoms with Crippen LogP contribution in [0.5, 0.6) is 0 Å². The molecule has 1 spiro atoms. The van der Waals surface area contributed by atoms with Gasteiger partial charge in [-0.25, -0.2) is 4.79 Å². The monoisotopic (exact) mass is 343 g/mol. The Balaban J connectivity index is 1.72. The summed E-state index contributed by atoms with van der Waals surface area (Å²) in [4.78, 5) is 16.4. The zero-order valence-corrected chi connectivity index (χ0v) is 16.2. The number of fused-ring (bicyclic) bond motifs is 2. The zero-order chi connectivity index (χ0) is 18.0. The number of likely N-dealkylation sites (tertiary alicyclic amines) is 1. The fraction of sp³-hybridized carbons (Fsp3) is 0.667. The molecule has 1 fully saturated rings. The first-order chi connectivity index (χ1) is 11.9. The van der Waals surface area contributed by atoms with Crippen LogP contribution in [0, 0.1) is 5.92 Å². The van der Waals surface area contributed by atoms with E-state index in [1.165, 1.54) is 50.0 Å². The van der Waals surface area contributed by atoms with Gasteiger partial charge in [0.1, 0.15) is 0 Å². The second kappa shape index (κ2) is 7.36. The van der Waals surface area contributed by atoms with Crippen LogP contribution in [0.15, 0.2) is 24.3 Å². The van der Waals surface area contributed by atoms with E-state index >= 15 is 0 Å². The molecule has 0 saturated carbocycles. The minimum atomic E-state index is 0.00576. The highest BCUT2D eigenvalue weighted by atomic mass is 16.2. The van der Waals surface area contributed by atoms with Crippen LogP contribution >= 0.6 is 0 Å². The van der Waals surface area contributed by atoms with Crippen LogP contribution in [-0.2, 0) is 5.41 Å². The number of nitrogens with zero attached hydrogens (tertiary/aromatic N) is 2. The van der Waals surface area contributed by atoms with E-state index in [2.05, 4.69) is 48.3 Å². The third kappa shape index (κ3) is 3.84. The van der Waals surface area contributed by atoms with Gasteiger partial charge in [0, 0.05) is 19.5 Å². The molecule has 0 bridgehead atoms. The molecule has 1 heterocycles. The molecule has 1 saturated heterocycles. The van der Waals surface area contributed by atoms with Crippen molar-refractivity contribution in [2.75, 3.05) is 33.7 Å². The largest absolute Gasteiger partial charge is 0.331 e. The lowest BCUT2D eigenvalue weighted by molar-refractivity contribution is 0.146. The van der Waals surface area contributed by atoms with Gasteiger partial charge in [0.2, 0.25) is 0 Å². The summed E-state index contributed by atoms with van der Waals surface area (Å²) >= 11 is 0. The number of carbonyl (C=O) groups is 1. The Morgan fingerprint density at radius 1 is 1.28 bits per heavy atom. The first kappa shape index (κ1) is 18.2. The Morgan fingerprint density at radius 2 is 1.96 bits per heavy atom. The molecule has 2 amide bonds. The molecule has 25 heavy (non-hydrogen) atoms. The third-order valence-electron chi connectivity index (χ3n) is 6.04. The molecular weight excluding hydrogens is 310 g/mol. The van der Waals surface area contributed by atoms with Crippen molar-refractivity contribution in [2.45, 2.75) is 51.0 Å². The number of hydrogen-bond acceptors (Lipinski definition) is 2. The summed E-state index contributed by atoms with van der Waals surface area (Å²) in [5.74, 6) is 0.772. The second-order valence-electron chi connectivity index (χ2n) is 8.49. The summed E-state index contributed by atoms with van der Waals surface area (Å²) in [6.07, 6.45) is 4.74. The van der Waals surface area contributed by atoms with Gasteiger partial charge < -0.3 is 15.1 Å². The standard InChI is InChI=1S/C21H33N3O/c1-16(2)9-12-24-13-10-21(11-14-24)15-19(22-20(25)23(3)4)17-7-5-6-8-18(17)21/h5-8,16,19H,9-15H2,1-4H3,(H,22,25)/t19-/m0/s1. The number of amides is 2. The van der Waals surface area contributed by atoms with E-state index in [-0.39, 0.29) is 17.5 Å². The first-order valence-corrected chi connectivity index (χ1v) is 9.71. The van der Waals surface area contributed by atoms with Gasteiger partial charge in [-0.05, 0) is 62.4 Å². The van der Waals surface area contributed by atoms with Crippen molar-refractivity contribution in [3.8, 4) is 0 Å². The van der Waals surface area contributed by atoms with E-state index in [1.54, 1.807) is 19.0 Å². The molecule has 4 heteroatoms. The number of piperidine rings is 1. The average molecular weight is 344 g/mol. The fourth-order valence-electron chi connectivity index (χ4n) is 4.42. The van der Waals surface area contributed by atoms with Crippen LogP contribution in [-0.4, -0.2) is 49.6 Å². The first-order valence-electron chi connectivity index (χ1n) is 9.71. The Morgan fingerprint density at radius 3 is 2.60 bits per heavy atom. The summed E-state index contributed by atoms with van der Waals surface area (Å²) in [5.41, 5.74) is 3.05. The van der Waals surface area contributed by atoms with E-state index in [4.69, 9.17) is 0 Å². The lowest BCUT2D eigenvalue weighted by atomic mass is 9.73. The van der Waals surface area contributed by atoms with Crippen LogP contribution < -0.4 is 5.32 Å². The maximum absolute atomic E-state index is 12.2. The van der Waals surface area contributed by atoms with Crippen LogP contribution in [0.3, 0.4) is 0 Å². The highest BCUT2D eigenvalue weighted by molar-refractivity contribution is 5.74. The van der Waals surface area contributed by atoms with Gasteiger partial charge in [0.15, 0.2) is 0 Å². The minimum absolute atomic E-state index is 0.00576. The quantitative estimate of drug-likeness (QED) is 0.903. The molecule has 0 aromatic heterocycles. The van der Waals surface area contributed by atoms with E-state index in [0.29, 0.717) is 0 Å². The Bertz CT molecular complexity index is 603. The minimum Gasteiger partial charge on any atom is -0.331 e. The van der Waals surface area contributed by atoms with Gasteiger partial charge in [-0.3, -0.25) is 0 Å². The predicted octanol–water partition coefficient (Wildman–Crippen LogP) is 3.78. The maximum Gasteiger partial charge on any atom is 0.317 e. The molecule has 4 nitrogen and oxygen atoms in total. The smallest absolute Gasteiger partial charge is 0.317 e. The van der Waals surface area contributed by atoms with Gasteiger partial charge in [-0.1, -0.05) is 38.1 Å². The van der Waals surface area contributed by atoms with Gasteiger partial charge >= 0.3 is 6.03 Å². The summed E-state index contributed by atoms with van der Waals surface area (Å²) in [7, 11) is 3.61. The van der Waals surface area contributed by atoms with Crippen molar-refractivity contribution in [2.24, 2.45) is 5.92 Å². The van der Waals surface area contributed by atoms with Crippen molar-refractivity contribution in [1.29, 1.82) is 0 Å². The van der Waals surface area contributed by atoms with Crippen molar-refractivity contribution >= 4 is 6.03 Å². The van der Waals surface area contributed by atoms with Crippen LogP contribution in [0.2, 0.25) is 0 Å². The summed E-state index contributed by atoms with van der Waals surface area (Å²) in [6, 6.07) is 8.91. The molecule has 1 atom stereocenters. The number of benzene rings is 1. The summed E-state index contributed by atoms with van der Waals surface area (Å²) < 4.78 is 0. The number of nitrogens with one attached hydrogen (secondary N) is 1. The summed E-state index contributed by atoms with van der Waals surface area (Å²) in [6.45, 7) is 8.17. The lowest BCUT2D eigenvalue weighted by Gasteiger charge is -2.40. The van der Waals surface area contributed by atoms with Crippen molar-refractivity contribution < 1.29 is 4.79 Å². The second-order valence-corrected chi connectivity index (χ2v) is 8.49. The van der Waals surface area contributed by atoms with Crippen molar-refractivity contribution in [3.63, 3.8) is 0 Å². The van der Waals surface area contributed by atoms with Crippen molar-refractivity contribution in [3.05, 3.63) is 35.4 Å². The molecule has 1 aliphatic heterocycles. The van der Waals surface area contributed by atoms with Crippen molar-refractivity contribution in [1.82, 2.24) is 15.1 Å². The Kier molecular flexibility index (Phi) is 5.38. The van der Waals surface area contributed by atoms with Crippen LogP contribution in [0.4, 0.5) is 4.79 Å². The molecule has 1 aromatic rings. The molecular formula is C21H33N3O. The van der Waals surface area contributed by atoms with E-state index < -0.39 is 0 Å². The number of rotatable bonds is 4. The highest BCUT2D eigenvalue weighted by Crippen LogP contribution is 2.50. The van der Waals surface area contributed by atoms with Crippen LogP contribution in [0.25, 0.3) is 0 Å². The topological polar surface area (TPSA) is 35.6 Å². The number of urea groups is 1. The van der Waals surface area contributed by atoms with Crippen LogP contribution in [0.1, 0.15) is 56.7 Å². The Labute approximate surface area is 152 Å². The normalized spacial score (nSPS) is 22.2.